The molecule has 1 aromatic carbocycles. The van der Waals surface area contributed by atoms with E-state index < -0.39 is 6.10 Å². The van der Waals surface area contributed by atoms with E-state index >= 15 is 0 Å². The van der Waals surface area contributed by atoms with Crippen molar-refractivity contribution >= 4 is 11.6 Å². The van der Waals surface area contributed by atoms with E-state index in [-0.39, 0.29) is 0 Å². The zero-order valence-electron chi connectivity index (χ0n) is 12.6. The molecule has 21 heavy (non-hydrogen) atoms. The number of aliphatic hydroxyl groups is 1. The third kappa shape index (κ3) is 3.57. The van der Waals surface area contributed by atoms with Gasteiger partial charge in [-0.1, -0.05) is 30.7 Å². The lowest BCUT2D eigenvalue weighted by molar-refractivity contribution is 0.199. The van der Waals surface area contributed by atoms with Crippen LogP contribution in [0.15, 0.2) is 24.3 Å². The number of benzene rings is 1. The standard InChI is InChI=1S/C16H21ClN2O2/c1-4-14-16(17)15(19(5-2)18-14)10-21-13-8-6-12(7-9-13)11(3)20/h6-9,11,20H,4-5,10H2,1-3H3/t11-/m1/s1. The van der Waals surface area contributed by atoms with E-state index in [1.807, 2.05) is 42.8 Å². The molecule has 114 valence electrons. The molecule has 0 aliphatic carbocycles. The normalized spacial score (nSPS) is 12.4. The monoisotopic (exact) mass is 308 g/mol. The van der Waals surface area contributed by atoms with Crippen LogP contribution >= 0.6 is 11.6 Å². The molecule has 5 heteroatoms. The second-order valence-corrected chi connectivity index (χ2v) is 5.29. The van der Waals surface area contributed by atoms with Crippen LogP contribution in [-0.4, -0.2) is 14.9 Å². The molecule has 1 atom stereocenters. The summed E-state index contributed by atoms with van der Waals surface area (Å²) in [4.78, 5) is 0. The van der Waals surface area contributed by atoms with Crippen molar-refractivity contribution in [3.8, 4) is 5.75 Å². The molecule has 0 fully saturated rings. The second kappa shape index (κ2) is 6.96. The fourth-order valence-electron chi connectivity index (χ4n) is 2.15. The predicted octanol–water partition coefficient (Wildman–Crippen LogP) is 3.75. The SMILES string of the molecule is CCc1nn(CC)c(COc2ccc([C@@H](C)O)cc2)c1Cl. The van der Waals surface area contributed by atoms with Gasteiger partial charge >= 0.3 is 0 Å². The molecular weight excluding hydrogens is 288 g/mol. The first-order valence-corrected chi connectivity index (χ1v) is 7.59. The number of nitrogens with zero attached hydrogens (tertiary/aromatic N) is 2. The Morgan fingerprint density at radius 3 is 2.48 bits per heavy atom. The van der Waals surface area contributed by atoms with Crippen molar-refractivity contribution in [2.24, 2.45) is 0 Å². The minimum Gasteiger partial charge on any atom is -0.487 e. The molecule has 0 spiro atoms. The van der Waals surface area contributed by atoms with E-state index in [9.17, 15) is 5.11 Å². The fourth-order valence-corrected chi connectivity index (χ4v) is 2.47. The van der Waals surface area contributed by atoms with E-state index in [4.69, 9.17) is 16.3 Å². The highest BCUT2D eigenvalue weighted by atomic mass is 35.5. The zero-order chi connectivity index (χ0) is 15.4. The van der Waals surface area contributed by atoms with Gasteiger partial charge in [-0.3, -0.25) is 4.68 Å². The van der Waals surface area contributed by atoms with Gasteiger partial charge in [-0.25, -0.2) is 0 Å². The maximum absolute atomic E-state index is 9.49. The first kappa shape index (κ1) is 15.9. The van der Waals surface area contributed by atoms with Gasteiger partial charge in [0.15, 0.2) is 0 Å². The molecule has 0 aliphatic rings. The van der Waals surface area contributed by atoms with Crippen LogP contribution in [0, 0.1) is 0 Å². The summed E-state index contributed by atoms with van der Waals surface area (Å²) in [6, 6.07) is 7.42. The summed E-state index contributed by atoms with van der Waals surface area (Å²) >= 11 is 6.35. The quantitative estimate of drug-likeness (QED) is 0.884. The van der Waals surface area contributed by atoms with Crippen LogP contribution in [0.3, 0.4) is 0 Å². The number of hydrogen-bond donors (Lipinski definition) is 1. The number of aryl methyl sites for hydroxylation is 2. The molecule has 2 rings (SSSR count). The van der Waals surface area contributed by atoms with Gasteiger partial charge in [0.1, 0.15) is 12.4 Å². The van der Waals surface area contributed by atoms with E-state index in [2.05, 4.69) is 5.10 Å². The summed E-state index contributed by atoms with van der Waals surface area (Å²) in [5, 5.41) is 14.6. The summed E-state index contributed by atoms with van der Waals surface area (Å²) in [6.07, 6.45) is 0.337. The third-order valence-electron chi connectivity index (χ3n) is 3.43. The first-order valence-electron chi connectivity index (χ1n) is 7.21. The lowest BCUT2D eigenvalue weighted by Crippen LogP contribution is -2.06. The average molecular weight is 309 g/mol. The van der Waals surface area contributed by atoms with Gasteiger partial charge in [-0.2, -0.15) is 5.10 Å². The van der Waals surface area contributed by atoms with Crippen LogP contribution in [0.5, 0.6) is 5.75 Å². The van der Waals surface area contributed by atoms with Gasteiger partial charge in [-0.15, -0.1) is 0 Å². The number of aromatic nitrogens is 2. The molecular formula is C16H21ClN2O2. The number of hydrogen-bond acceptors (Lipinski definition) is 3. The average Bonchev–Trinajstić information content (AvgIpc) is 2.81. The minimum absolute atomic E-state index is 0.383. The number of ether oxygens (including phenoxy) is 1. The maximum Gasteiger partial charge on any atom is 0.131 e. The van der Waals surface area contributed by atoms with Gasteiger partial charge < -0.3 is 9.84 Å². The van der Waals surface area contributed by atoms with Gasteiger partial charge in [0.05, 0.1) is 22.5 Å². The Bertz CT molecular complexity index is 591. The van der Waals surface area contributed by atoms with Crippen molar-refractivity contribution in [2.45, 2.75) is 46.4 Å². The van der Waals surface area contributed by atoms with Gasteiger partial charge in [0, 0.05) is 6.54 Å². The van der Waals surface area contributed by atoms with Crippen molar-refractivity contribution in [3.63, 3.8) is 0 Å². The van der Waals surface area contributed by atoms with Crippen LogP contribution < -0.4 is 4.74 Å². The lowest BCUT2D eigenvalue weighted by Gasteiger charge is -2.10. The highest BCUT2D eigenvalue weighted by molar-refractivity contribution is 6.31. The molecule has 0 aliphatic heterocycles. The van der Waals surface area contributed by atoms with Gasteiger partial charge in [-0.05, 0) is 38.0 Å². The lowest BCUT2D eigenvalue weighted by atomic mass is 10.1. The number of rotatable bonds is 6. The summed E-state index contributed by atoms with van der Waals surface area (Å²) in [5.41, 5.74) is 2.67. The van der Waals surface area contributed by atoms with Crippen molar-refractivity contribution in [2.75, 3.05) is 0 Å². The van der Waals surface area contributed by atoms with E-state index in [1.54, 1.807) is 6.92 Å². The molecule has 2 aromatic rings. The fraction of sp³-hybridized carbons (Fsp3) is 0.438. The summed E-state index contributed by atoms with van der Waals surface area (Å²) in [7, 11) is 0. The van der Waals surface area contributed by atoms with E-state index in [0.717, 1.165) is 35.7 Å². The Morgan fingerprint density at radius 2 is 1.95 bits per heavy atom. The summed E-state index contributed by atoms with van der Waals surface area (Å²) in [5.74, 6) is 0.748. The highest BCUT2D eigenvalue weighted by Crippen LogP contribution is 2.24. The van der Waals surface area contributed by atoms with Crippen molar-refractivity contribution in [3.05, 3.63) is 46.2 Å². The summed E-state index contributed by atoms with van der Waals surface area (Å²) in [6.45, 7) is 6.95. The molecule has 0 saturated carbocycles. The van der Waals surface area contributed by atoms with Crippen molar-refractivity contribution in [1.82, 2.24) is 9.78 Å². The van der Waals surface area contributed by atoms with E-state index in [1.165, 1.54) is 0 Å². The van der Waals surface area contributed by atoms with Crippen molar-refractivity contribution in [1.29, 1.82) is 0 Å². The number of aliphatic hydroxyl groups excluding tert-OH is 1. The molecule has 1 heterocycles. The number of halogens is 1. The molecule has 1 N–H and O–H groups in total. The maximum atomic E-state index is 9.49. The van der Waals surface area contributed by atoms with E-state index in [0.29, 0.717) is 11.6 Å². The molecule has 0 unspecified atom stereocenters. The second-order valence-electron chi connectivity index (χ2n) is 4.91. The Labute approximate surface area is 130 Å². The smallest absolute Gasteiger partial charge is 0.131 e. The summed E-state index contributed by atoms with van der Waals surface area (Å²) < 4.78 is 7.66. The molecule has 4 nitrogen and oxygen atoms in total. The third-order valence-corrected chi connectivity index (χ3v) is 3.87. The first-order chi connectivity index (χ1) is 10.1. The Hall–Kier alpha value is -1.52. The Balaban J connectivity index is 2.10. The molecule has 0 bridgehead atoms. The van der Waals surface area contributed by atoms with Crippen LogP contribution in [0.1, 0.15) is 43.8 Å². The highest BCUT2D eigenvalue weighted by Gasteiger charge is 2.14. The molecule has 0 amide bonds. The minimum atomic E-state index is -0.470. The van der Waals surface area contributed by atoms with Crippen LogP contribution in [0.4, 0.5) is 0 Å². The van der Waals surface area contributed by atoms with Crippen LogP contribution in [0.25, 0.3) is 0 Å². The van der Waals surface area contributed by atoms with Crippen LogP contribution in [-0.2, 0) is 19.6 Å². The van der Waals surface area contributed by atoms with Crippen molar-refractivity contribution < 1.29 is 9.84 Å². The zero-order valence-corrected chi connectivity index (χ0v) is 13.4. The molecule has 0 saturated heterocycles. The van der Waals surface area contributed by atoms with Gasteiger partial charge in [0.2, 0.25) is 0 Å². The topological polar surface area (TPSA) is 47.3 Å². The Kier molecular flexibility index (Phi) is 5.26. The Morgan fingerprint density at radius 1 is 1.29 bits per heavy atom. The predicted molar refractivity (Wildman–Crippen MR) is 83.7 cm³/mol. The van der Waals surface area contributed by atoms with Crippen LogP contribution in [0.2, 0.25) is 5.02 Å². The van der Waals surface area contributed by atoms with Gasteiger partial charge in [0.25, 0.3) is 0 Å². The largest absolute Gasteiger partial charge is 0.487 e. The molecule has 0 radical (unpaired) electrons. The molecule has 1 aromatic heterocycles.